The fourth-order valence-corrected chi connectivity index (χ4v) is 0. The van der Waals surface area contributed by atoms with Gasteiger partial charge in [-0.05, 0) is 14.1 Å². The van der Waals surface area contributed by atoms with Gasteiger partial charge in [0.2, 0.25) is 0 Å². The molecule has 0 aromatic rings. The first-order chi connectivity index (χ1) is 1.41. The van der Waals surface area contributed by atoms with Crippen LogP contribution < -0.4 is 5.32 Å². The minimum Gasteiger partial charge on any atom is -0.323 e. The maximum Gasteiger partial charge on any atom is 0 e. The summed E-state index contributed by atoms with van der Waals surface area (Å²) in [7, 11) is 3.75. The predicted octanol–water partition coefficient (Wildman–Crippen LogP) is -0.0403. The van der Waals surface area contributed by atoms with Crippen LogP contribution in [0, 0.1) is 0 Å². The van der Waals surface area contributed by atoms with Crippen LogP contribution in [-0.2, 0) is 0 Å². The number of rotatable bonds is 0. The first-order valence-electron chi connectivity index (χ1n) is 1.00. The number of nitrogens with one attached hydrogen (secondary N) is 1. The molecular weight excluding hydrogens is 505 g/mol. The van der Waals surface area contributed by atoms with Gasteiger partial charge in [-0.1, -0.05) is 0 Å². The molecule has 6 radical (unpaired) electrons. The molecule has 0 fully saturated rings. The summed E-state index contributed by atoms with van der Waals surface area (Å²) < 4.78 is 0. The zero-order valence-electron chi connectivity index (χ0n) is 4.38. The Bertz CT molecular complexity index is 13.5. The smallest absolute Gasteiger partial charge is 0 e. The quantitative estimate of drug-likeness (QED) is 0.355. The third-order valence-corrected chi connectivity index (χ3v) is 0. The van der Waals surface area contributed by atoms with Gasteiger partial charge in [-0.2, -0.15) is 0 Å². The van der Waals surface area contributed by atoms with Crippen LogP contribution in [0.15, 0.2) is 0 Å². The van der Waals surface area contributed by atoms with E-state index < -0.39 is 0 Å². The van der Waals surface area contributed by atoms with Crippen molar-refractivity contribution in [1.82, 2.24) is 5.32 Å². The molecule has 0 saturated heterocycles. The molecule has 32 valence electrons. The van der Waals surface area contributed by atoms with Crippen LogP contribution in [0.3, 0.4) is 0 Å². The Balaban J connectivity index is -0.00000000667. The second kappa shape index (κ2) is 23.4. The summed E-state index contributed by atoms with van der Waals surface area (Å²) in [5.74, 6) is 0. The van der Waals surface area contributed by atoms with Crippen LogP contribution in [0.5, 0.6) is 0 Å². The Morgan fingerprint density at radius 2 is 1.17 bits per heavy atom. The molecule has 0 aliphatic rings. The van der Waals surface area contributed by atoms with Crippen molar-refractivity contribution in [2.24, 2.45) is 0 Å². The molecule has 4 heteroatoms. The molecule has 6 heavy (non-hydrogen) atoms. The number of hydrogen-bond donors (Lipinski definition) is 1. The van der Waals surface area contributed by atoms with Gasteiger partial charge in [-0.15, -0.1) is 0 Å². The van der Waals surface area contributed by atoms with E-state index in [9.17, 15) is 0 Å². The molecular formula is C2H7CsINPb. The van der Waals surface area contributed by atoms with Crippen LogP contribution in [0.25, 0.3) is 0 Å². The maximum atomic E-state index is 2.75. The normalized spacial score (nSPS) is 3.00. The fraction of sp³-hybridized carbons (Fsp3) is 1.00. The van der Waals surface area contributed by atoms with Gasteiger partial charge >= 0.3 is 0 Å². The van der Waals surface area contributed by atoms with E-state index in [1.807, 2.05) is 14.1 Å². The Kier molecular flexibility index (Phi) is 88.2. The van der Waals surface area contributed by atoms with Crippen LogP contribution in [0.1, 0.15) is 0 Å². The molecule has 0 bridgehead atoms. The van der Waals surface area contributed by atoms with E-state index in [1.54, 1.807) is 0 Å². The van der Waals surface area contributed by atoms with Gasteiger partial charge in [0.05, 0.1) is 0 Å². The molecule has 1 N–H and O–H groups in total. The third-order valence-electron chi connectivity index (χ3n) is 0. The molecule has 0 aliphatic heterocycles. The van der Waals surface area contributed by atoms with Gasteiger partial charge in [0.15, 0.2) is 0 Å². The molecule has 0 saturated carbocycles. The Morgan fingerprint density at radius 1 is 1.17 bits per heavy atom. The van der Waals surface area contributed by atoms with Gasteiger partial charge in [0, 0.05) is 120 Å². The SMILES string of the molecule is CNC.[Cs].[I].[Pb]. The predicted molar refractivity (Wildman–Crippen MR) is 40.5 cm³/mol. The van der Waals surface area contributed by atoms with Gasteiger partial charge in [-0.3, -0.25) is 0 Å². The van der Waals surface area contributed by atoms with Crippen molar-refractivity contribution in [3.8, 4) is 0 Å². The van der Waals surface area contributed by atoms with E-state index in [-0.39, 0.29) is 120 Å². The van der Waals surface area contributed by atoms with Crippen LogP contribution >= 0.6 is 24.0 Å². The van der Waals surface area contributed by atoms with Crippen molar-refractivity contribution in [3.05, 3.63) is 0 Å². The average Bonchev–Trinajstić information content (AvgIpc) is 0.918. The molecule has 0 atom stereocenters. The summed E-state index contributed by atoms with van der Waals surface area (Å²) >= 11 is 0. The topological polar surface area (TPSA) is 12.0 Å². The molecule has 0 rings (SSSR count). The number of halogens is 1. The molecule has 0 aromatic heterocycles. The summed E-state index contributed by atoms with van der Waals surface area (Å²) in [6.45, 7) is 0. The van der Waals surface area contributed by atoms with Crippen molar-refractivity contribution in [1.29, 1.82) is 0 Å². The molecule has 0 aliphatic carbocycles. The first-order valence-corrected chi connectivity index (χ1v) is 1.00. The van der Waals surface area contributed by atoms with E-state index in [0.29, 0.717) is 0 Å². The van der Waals surface area contributed by atoms with Crippen molar-refractivity contribution in [3.63, 3.8) is 0 Å². The van der Waals surface area contributed by atoms with E-state index in [1.165, 1.54) is 0 Å². The Morgan fingerprint density at radius 3 is 1.17 bits per heavy atom. The monoisotopic (exact) mass is 513 g/mol. The van der Waals surface area contributed by atoms with E-state index in [4.69, 9.17) is 0 Å². The van der Waals surface area contributed by atoms with Crippen molar-refractivity contribution < 1.29 is 0 Å². The Labute approximate surface area is 135 Å². The van der Waals surface area contributed by atoms with Crippen LogP contribution in [0.2, 0.25) is 0 Å². The van der Waals surface area contributed by atoms with Gasteiger partial charge in [0.1, 0.15) is 0 Å². The largest absolute Gasteiger partial charge is 0.323 e. The molecule has 0 amide bonds. The van der Waals surface area contributed by atoms with Crippen molar-refractivity contribution >= 4 is 120 Å². The van der Waals surface area contributed by atoms with E-state index in [2.05, 4.69) is 5.32 Å². The molecule has 0 unspecified atom stereocenters. The fourth-order valence-electron chi connectivity index (χ4n) is 0. The van der Waals surface area contributed by atoms with Gasteiger partial charge < -0.3 is 5.32 Å². The molecule has 0 aromatic carbocycles. The minimum absolute atomic E-state index is 0. The summed E-state index contributed by atoms with van der Waals surface area (Å²) in [6.07, 6.45) is 0. The van der Waals surface area contributed by atoms with Crippen molar-refractivity contribution in [2.45, 2.75) is 0 Å². The maximum absolute atomic E-state index is 2.75. The minimum atomic E-state index is 0. The molecule has 0 spiro atoms. The average molecular weight is 512 g/mol. The zero-order valence-corrected chi connectivity index (χ0v) is 16.7. The Hall–Kier alpha value is 3.66. The van der Waals surface area contributed by atoms with E-state index in [0.717, 1.165) is 0 Å². The van der Waals surface area contributed by atoms with E-state index >= 15 is 0 Å². The first kappa shape index (κ1) is 22.6. The summed E-state index contributed by atoms with van der Waals surface area (Å²) in [5, 5.41) is 2.75. The molecule has 0 heterocycles. The third kappa shape index (κ3) is 25.4. The standard InChI is InChI=1S/C2H7N.Cs.I.Pb/c1-3-2;;;/h3H,1-2H3;;;. The van der Waals surface area contributed by atoms with Gasteiger partial charge in [-0.25, -0.2) is 0 Å². The summed E-state index contributed by atoms with van der Waals surface area (Å²) in [6, 6.07) is 0. The second-order valence-corrected chi connectivity index (χ2v) is 0.500. The molecule has 1 nitrogen and oxygen atoms in total. The second-order valence-electron chi connectivity index (χ2n) is 0.500. The van der Waals surface area contributed by atoms with Crippen molar-refractivity contribution in [2.75, 3.05) is 14.1 Å². The van der Waals surface area contributed by atoms with Crippen LogP contribution in [0.4, 0.5) is 0 Å². The van der Waals surface area contributed by atoms with Crippen LogP contribution in [-0.4, -0.2) is 110 Å². The summed E-state index contributed by atoms with van der Waals surface area (Å²) in [4.78, 5) is 0. The summed E-state index contributed by atoms with van der Waals surface area (Å²) in [5.41, 5.74) is 0. The number of hydrogen-bond acceptors (Lipinski definition) is 1. The van der Waals surface area contributed by atoms with Gasteiger partial charge in [0.25, 0.3) is 0 Å². The zero-order chi connectivity index (χ0) is 2.71.